The zero-order valence-corrected chi connectivity index (χ0v) is 12.1. The lowest BCUT2D eigenvalue weighted by Gasteiger charge is -2.21. The van der Waals surface area contributed by atoms with E-state index in [1.165, 1.54) is 11.0 Å². The van der Waals surface area contributed by atoms with E-state index in [0.717, 1.165) is 6.54 Å². The quantitative estimate of drug-likeness (QED) is 0.610. The molecule has 0 fully saturated rings. The summed E-state index contributed by atoms with van der Waals surface area (Å²) in [5.74, 6) is -0.174. The SMILES string of the molecule is CCNCC(C)C(=O)N(C)Cc1ccccc1[N+](=O)[O-]. The number of nitrogens with zero attached hydrogens (tertiary/aromatic N) is 2. The van der Waals surface area contributed by atoms with Crippen molar-refractivity contribution in [1.29, 1.82) is 0 Å². The highest BCUT2D eigenvalue weighted by atomic mass is 16.6. The Balaban J connectivity index is 2.73. The van der Waals surface area contributed by atoms with E-state index in [4.69, 9.17) is 0 Å². The van der Waals surface area contributed by atoms with Crippen molar-refractivity contribution in [3.63, 3.8) is 0 Å². The van der Waals surface area contributed by atoms with Crippen molar-refractivity contribution in [3.05, 3.63) is 39.9 Å². The third-order valence-corrected chi connectivity index (χ3v) is 3.09. The Kier molecular flexibility index (Phi) is 6.11. The summed E-state index contributed by atoms with van der Waals surface area (Å²) in [6.07, 6.45) is 0. The Hall–Kier alpha value is -1.95. The molecule has 0 spiro atoms. The summed E-state index contributed by atoms with van der Waals surface area (Å²) in [6, 6.07) is 6.49. The van der Waals surface area contributed by atoms with E-state index in [-0.39, 0.29) is 24.1 Å². The third-order valence-electron chi connectivity index (χ3n) is 3.09. The van der Waals surface area contributed by atoms with Gasteiger partial charge in [0.2, 0.25) is 5.91 Å². The summed E-state index contributed by atoms with van der Waals surface area (Å²) in [5, 5.41) is 14.1. The molecule has 1 N–H and O–H groups in total. The Morgan fingerprint density at radius 3 is 2.70 bits per heavy atom. The molecule has 1 atom stereocenters. The molecule has 0 saturated carbocycles. The first-order chi connectivity index (χ1) is 9.47. The highest BCUT2D eigenvalue weighted by Crippen LogP contribution is 2.19. The summed E-state index contributed by atoms with van der Waals surface area (Å²) < 4.78 is 0. The standard InChI is InChI=1S/C14H21N3O3/c1-4-15-9-11(2)14(18)16(3)10-12-7-5-6-8-13(12)17(19)20/h5-8,11,15H,4,9-10H2,1-3H3. The molecule has 1 amide bonds. The van der Waals surface area contributed by atoms with Crippen molar-refractivity contribution < 1.29 is 9.72 Å². The van der Waals surface area contributed by atoms with E-state index in [9.17, 15) is 14.9 Å². The Labute approximate surface area is 118 Å². The van der Waals surface area contributed by atoms with Crippen LogP contribution in [0.25, 0.3) is 0 Å². The average molecular weight is 279 g/mol. The third kappa shape index (κ3) is 4.31. The number of hydrogen-bond acceptors (Lipinski definition) is 4. The van der Waals surface area contributed by atoms with Gasteiger partial charge in [-0.25, -0.2) is 0 Å². The number of nitrogens with one attached hydrogen (secondary N) is 1. The van der Waals surface area contributed by atoms with Crippen LogP contribution in [-0.2, 0) is 11.3 Å². The number of carbonyl (C=O) groups is 1. The first-order valence-corrected chi connectivity index (χ1v) is 6.65. The van der Waals surface area contributed by atoms with Crippen LogP contribution < -0.4 is 5.32 Å². The molecule has 0 aliphatic carbocycles. The monoisotopic (exact) mass is 279 g/mol. The summed E-state index contributed by atoms with van der Waals surface area (Å²) >= 11 is 0. The van der Waals surface area contributed by atoms with Gasteiger partial charge < -0.3 is 10.2 Å². The number of benzene rings is 1. The molecule has 6 nitrogen and oxygen atoms in total. The summed E-state index contributed by atoms with van der Waals surface area (Å²) in [7, 11) is 1.67. The van der Waals surface area contributed by atoms with Gasteiger partial charge in [0.25, 0.3) is 5.69 Å². The van der Waals surface area contributed by atoms with Crippen molar-refractivity contribution in [1.82, 2.24) is 10.2 Å². The molecule has 1 aromatic carbocycles. The normalized spacial score (nSPS) is 11.9. The summed E-state index contributed by atoms with van der Waals surface area (Å²) in [6.45, 7) is 5.49. The van der Waals surface area contributed by atoms with Crippen LogP contribution in [0.2, 0.25) is 0 Å². The van der Waals surface area contributed by atoms with Gasteiger partial charge in [-0.1, -0.05) is 32.0 Å². The van der Waals surface area contributed by atoms with Crippen LogP contribution in [0, 0.1) is 16.0 Å². The second kappa shape index (κ2) is 7.59. The molecular formula is C14H21N3O3. The van der Waals surface area contributed by atoms with Crippen LogP contribution >= 0.6 is 0 Å². The van der Waals surface area contributed by atoms with Crippen molar-refractivity contribution in [2.24, 2.45) is 5.92 Å². The zero-order valence-electron chi connectivity index (χ0n) is 12.1. The first-order valence-electron chi connectivity index (χ1n) is 6.65. The number of nitro benzene ring substituents is 1. The second-order valence-electron chi connectivity index (χ2n) is 4.79. The molecular weight excluding hydrogens is 258 g/mol. The Bertz CT molecular complexity index is 476. The minimum Gasteiger partial charge on any atom is -0.341 e. The Morgan fingerprint density at radius 2 is 2.10 bits per heavy atom. The van der Waals surface area contributed by atoms with Gasteiger partial charge in [-0.15, -0.1) is 0 Å². The molecule has 1 aromatic rings. The van der Waals surface area contributed by atoms with Gasteiger partial charge in [-0.3, -0.25) is 14.9 Å². The molecule has 0 bridgehead atoms. The maximum atomic E-state index is 12.2. The lowest BCUT2D eigenvalue weighted by molar-refractivity contribution is -0.385. The van der Waals surface area contributed by atoms with Gasteiger partial charge in [0.05, 0.1) is 11.5 Å². The molecule has 0 saturated heterocycles. The van der Waals surface area contributed by atoms with Crippen LogP contribution in [0.15, 0.2) is 24.3 Å². The van der Waals surface area contributed by atoms with E-state index >= 15 is 0 Å². The van der Waals surface area contributed by atoms with Gasteiger partial charge >= 0.3 is 0 Å². The topological polar surface area (TPSA) is 75.5 Å². The number of hydrogen-bond donors (Lipinski definition) is 1. The predicted molar refractivity (Wildman–Crippen MR) is 77.3 cm³/mol. The molecule has 0 heterocycles. The number of carbonyl (C=O) groups excluding carboxylic acids is 1. The predicted octanol–water partition coefficient (Wildman–Crippen LogP) is 1.80. The summed E-state index contributed by atoms with van der Waals surface area (Å²) in [5.41, 5.74) is 0.593. The van der Waals surface area contributed by atoms with Gasteiger partial charge in [-0.05, 0) is 6.54 Å². The molecule has 110 valence electrons. The molecule has 0 aromatic heterocycles. The molecule has 20 heavy (non-hydrogen) atoms. The average Bonchev–Trinajstić information content (AvgIpc) is 2.44. The zero-order chi connectivity index (χ0) is 15.1. The van der Waals surface area contributed by atoms with Gasteiger partial charge in [0, 0.05) is 31.1 Å². The minimum atomic E-state index is -0.421. The van der Waals surface area contributed by atoms with Crippen LogP contribution in [0.5, 0.6) is 0 Å². The highest BCUT2D eigenvalue weighted by molar-refractivity contribution is 5.78. The number of amides is 1. The molecule has 0 aliphatic rings. The fourth-order valence-electron chi connectivity index (χ4n) is 1.98. The maximum absolute atomic E-state index is 12.2. The van der Waals surface area contributed by atoms with E-state index in [1.54, 1.807) is 25.2 Å². The van der Waals surface area contributed by atoms with Crippen molar-refractivity contribution >= 4 is 11.6 Å². The molecule has 0 radical (unpaired) electrons. The summed E-state index contributed by atoms with van der Waals surface area (Å²) in [4.78, 5) is 24.2. The van der Waals surface area contributed by atoms with E-state index in [1.807, 2.05) is 13.8 Å². The van der Waals surface area contributed by atoms with Gasteiger partial charge in [-0.2, -0.15) is 0 Å². The number of para-hydroxylation sites is 1. The van der Waals surface area contributed by atoms with E-state index in [0.29, 0.717) is 12.1 Å². The van der Waals surface area contributed by atoms with Crippen LogP contribution in [0.3, 0.4) is 0 Å². The Morgan fingerprint density at radius 1 is 1.45 bits per heavy atom. The smallest absolute Gasteiger partial charge is 0.274 e. The van der Waals surface area contributed by atoms with Gasteiger partial charge in [0.15, 0.2) is 0 Å². The van der Waals surface area contributed by atoms with E-state index in [2.05, 4.69) is 5.32 Å². The van der Waals surface area contributed by atoms with Crippen LogP contribution in [0.1, 0.15) is 19.4 Å². The molecule has 6 heteroatoms. The highest BCUT2D eigenvalue weighted by Gasteiger charge is 2.20. The van der Waals surface area contributed by atoms with Gasteiger partial charge in [0.1, 0.15) is 0 Å². The lowest BCUT2D eigenvalue weighted by Crippen LogP contribution is -2.36. The lowest BCUT2D eigenvalue weighted by atomic mass is 10.1. The van der Waals surface area contributed by atoms with Crippen LogP contribution in [0.4, 0.5) is 5.69 Å². The minimum absolute atomic E-state index is 0.0240. The number of nitro groups is 1. The largest absolute Gasteiger partial charge is 0.341 e. The molecule has 1 unspecified atom stereocenters. The van der Waals surface area contributed by atoms with E-state index < -0.39 is 4.92 Å². The molecule has 0 aliphatic heterocycles. The fourth-order valence-corrected chi connectivity index (χ4v) is 1.98. The van der Waals surface area contributed by atoms with Crippen molar-refractivity contribution in [3.8, 4) is 0 Å². The number of rotatable bonds is 7. The second-order valence-corrected chi connectivity index (χ2v) is 4.79. The maximum Gasteiger partial charge on any atom is 0.274 e. The van der Waals surface area contributed by atoms with Crippen LogP contribution in [-0.4, -0.2) is 35.9 Å². The first kappa shape index (κ1) is 16.1. The van der Waals surface area contributed by atoms with Crippen molar-refractivity contribution in [2.75, 3.05) is 20.1 Å². The molecule has 1 rings (SSSR count). The fraction of sp³-hybridized carbons (Fsp3) is 0.500. The van der Waals surface area contributed by atoms with Crippen molar-refractivity contribution in [2.45, 2.75) is 20.4 Å².